The molecule has 0 spiro atoms. The summed E-state index contributed by atoms with van der Waals surface area (Å²) in [5.41, 5.74) is 0.334. The van der Waals surface area contributed by atoms with Crippen LogP contribution in [0.25, 0.3) is 0 Å². The first-order chi connectivity index (χ1) is 12.4. The van der Waals surface area contributed by atoms with Gasteiger partial charge in [-0.25, -0.2) is 4.31 Å². The number of halogens is 1. The molecular formula is C19H24ClNO4S. The van der Waals surface area contributed by atoms with Crippen LogP contribution in [0, 0.1) is 5.92 Å². The van der Waals surface area contributed by atoms with Gasteiger partial charge in [0.1, 0.15) is 0 Å². The maximum absolute atomic E-state index is 12.4. The lowest BCUT2D eigenvalue weighted by atomic mass is 9.87. The molecule has 1 saturated heterocycles. The van der Waals surface area contributed by atoms with Crippen molar-refractivity contribution in [2.45, 2.75) is 50.6 Å². The number of ether oxygens (including phenoxy) is 1. The lowest BCUT2D eigenvalue weighted by Gasteiger charge is -2.40. The van der Waals surface area contributed by atoms with Gasteiger partial charge < -0.3 is 9.84 Å². The summed E-state index contributed by atoms with van der Waals surface area (Å²) < 4.78 is 7.16. The number of rotatable bonds is 6. The van der Waals surface area contributed by atoms with Crippen LogP contribution in [-0.2, 0) is 14.3 Å². The summed E-state index contributed by atoms with van der Waals surface area (Å²) in [7, 11) is 0. The first kappa shape index (κ1) is 20.8. The Morgan fingerprint density at radius 1 is 1.46 bits per heavy atom. The Kier molecular flexibility index (Phi) is 7.55. The third-order valence-corrected chi connectivity index (χ3v) is 5.89. The van der Waals surface area contributed by atoms with Gasteiger partial charge in [-0.1, -0.05) is 18.5 Å². The Morgan fingerprint density at radius 2 is 2.12 bits per heavy atom. The van der Waals surface area contributed by atoms with Crippen molar-refractivity contribution in [3.05, 3.63) is 41.1 Å². The number of carbonyl (C=O) groups excluding carboxylic acids is 2. The van der Waals surface area contributed by atoms with E-state index in [-0.39, 0.29) is 29.8 Å². The third-order valence-electron chi connectivity index (χ3n) is 4.33. The Hall–Kier alpha value is -1.50. The first-order valence-electron chi connectivity index (χ1n) is 8.63. The van der Waals surface area contributed by atoms with Crippen molar-refractivity contribution in [1.82, 2.24) is 4.31 Å². The molecule has 1 fully saturated rings. The molecule has 1 N–H and O–H groups in total. The number of carbonyl (C=O) groups is 2. The molecule has 0 bridgehead atoms. The molecule has 5 nitrogen and oxygen atoms in total. The quantitative estimate of drug-likeness (QED) is 0.332. The minimum atomic E-state index is -0.388. The summed E-state index contributed by atoms with van der Waals surface area (Å²) >= 11 is 7.44. The molecule has 1 aromatic carbocycles. The lowest BCUT2D eigenvalue weighted by molar-refractivity contribution is -0.148. The Balaban J connectivity index is 2.26. The van der Waals surface area contributed by atoms with Crippen molar-refractivity contribution in [3.63, 3.8) is 0 Å². The molecule has 2 rings (SSSR count). The van der Waals surface area contributed by atoms with Crippen LogP contribution in [0.5, 0.6) is 0 Å². The molecule has 0 amide bonds. The fourth-order valence-electron chi connectivity index (χ4n) is 2.98. The Bertz CT molecular complexity index is 677. The zero-order valence-corrected chi connectivity index (χ0v) is 16.7. The van der Waals surface area contributed by atoms with Crippen LogP contribution < -0.4 is 0 Å². The molecule has 0 saturated carbocycles. The number of hydrogen-bond donors (Lipinski definition) is 1. The van der Waals surface area contributed by atoms with E-state index in [1.807, 2.05) is 31.2 Å². The smallest absolute Gasteiger partial charge is 0.308 e. The van der Waals surface area contributed by atoms with Crippen LogP contribution in [0.3, 0.4) is 0 Å². The average Bonchev–Trinajstić information content (AvgIpc) is 2.60. The number of hydrogen-bond acceptors (Lipinski definition) is 6. The molecule has 1 aromatic rings. The summed E-state index contributed by atoms with van der Waals surface area (Å²) in [4.78, 5) is 25.4. The van der Waals surface area contributed by atoms with E-state index in [4.69, 9.17) is 16.3 Å². The fourth-order valence-corrected chi connectivity index (χ4v) is 4.19. The number of benzene rings is 1. The van der Waals surface area contributed by atoms with Crippen LogP contribution in [0.2, 0.25) is 5.02 Å². The number of nitrogens with zero attached hydrogens (tertiary/aromatic N) is 1. The van der Waals surface area contributed by atoms with Crippen molar-refractivity contribution in [2.75, 3.05) is 6.61 Å². The maximum atomic E-state index is 12.4. The Morgan fingerprint density at radius 3 is 2.69 bits per heavy atom. The molecule has 142 valence electrons. The number of Topliss-reactive ketones (excluding diaryl/α,β-unsaturated/α-hetero) is 1. The highest BCUT2D eigenvalue weighted by Crippen LogP contribution is 2.38. The minimum absolute atomic E-state index is 0.0359. The Labute approximate surface area is 163 Å². The van der Waals surface area contributed by atoms with E-state index in [1.165, 1.54) is 11.9 Å². The molecule has 0 aliphatic carbocycles. The lowest BCUT2D eigenvalue weighted by Crippen LogP contribution is -2.47. The monoisotopic (exact) mass is 397 g/mol. The molecule has 0 aromatic heterocycles. The second kappa shape index (κ2) is 9.44. The van der Waals surface area contributed by atoms with Crippen LogP contribution in [0.15, 0.2) is 41.0 Å². The van der Waals surface area contributed by atoms with E-state index in [9.17, 15) is 14.7 Å². The molecular weight excluding hydrogens is 374 g/mol. The van der Waals surface area contributed by atoms with E-state index in [2.05, 4.69) is 4.31 Å². The van der Waals surface area contributed by atoms with Crippen LogP contribution in [0.1, 0.15) is 33.6 Å². The van der Waals surface area contributed by atoms with Gasteiger partial charge in [-0.2, -0.15) is 0 Å². The maximum Gasteiger partial charge on any atom is 0.308 e. The zero-order chi connectivity index (χ0) is 19.3. The first-order valence-corrected chi connectivity index (χ1v) is 9.78. The number of aliphatic hydroxyl groups excluding tert-OH is 1. The van der Waals surface area contributed by atoms with Gasteiger partial charge in [0.05, 0.1) is 24.8 Å². The van der Waals surface area contributed by atoms with E-state index >= 15 is 0 Å². The SMILES string of the molecule is CCOC(=O)C(C)CC1/C(=C/O)C(=O)CC(C)N1Sc1ccc(Cl)cc1. The molecule has 3 atom stereocenters. The average molecular weight is 398 g/mol. The third kappa shape index (κ3) is 5.02. The molecule has 3 unspecified atom stereocenters. The number of ketones is 1. The van der Waals surface area contributed by atoms with E-state index in [1.54, 1.807) is 13.8 Å². The topological polar surface area (TPSA) is 66.8 Å². The van der Waals surface area contributed by atoms with Gasteiger partial charge in [-0.3, -0.25) is 9.59 Å². The van der Waals surface area contributed by atoms with Crippen LogP contribution >= 0.6 is 23.5 Å². The van der Waals surface area contributed by atoms with E-state index in [0.717, 1.165) is 11.2 Å². The van der Waals surface area contributed by atoms with Crippen molar-refractivity contribution in [3.8, 4) is 0 Å². The minimum Gasteiger partial charge on any atom is -0.515 e. The predicted molar refractivity (Wildman–Crippen MR) is 103 cm³/mol. The highest BCUT2D eigenvalue weighted by atomic mass is 35.5. The van der Waals surface area contributed by atoms with Crippen molar-refractivity contribution < 1.29 is 19.4 Å². The number of esters is 1. The van der Waals surface area contributed by atoms with Gasteiger partial charge in [0, 0.05) is 28.0 Å². The van der Waals surface area contributed by atoms with Crippen LogP contribution in [-0.4, -0.2) is 39.9 Å². The summed E-state index contributed by atoms with van der Waals surface area (Å²) in [5.74, 6) is -0.776. The second-order valence-electron chi connectivity index (χ2n) is 6.37. The largest absolute Gasteiger partial charge is 0.515 e. The van der Waals surface area contributed by atoms with Gasteiger partial charge >= 0.3 is 5.97 Å². The summed E-state index contributed by atoms with van der Waals surface area (Å²) in [6.07, 6.45) is 1.59. The molecule has 26 heavy (non-hydrogen) atoms. The molecule has 1 aliphatic heterocycles. The molecule has 0 radical (unpaired) electrons. The van der Waals surface area contributed by atoms with Gasteiger partial charge in [-0.15, -0.1) is 0 Å². The second-order valence-corrected chi connectivity index (χ2v) is 7.88. The predicted octanol–water partition coefficient (Wildman–Crippen LogP) is 4.41. The highest BCUT2D eigenvalue weighted by molar-refractivity contribution is 7.97. The summed E-state index contributed by atoms with van der Waals surface area (Å²) in [6, 6.07) is 7.02. The zero-order valence-electron chi connectivity index (χ0n) is 15.1. The van der Waals surface area contributed by atoms with Crippen molar-refractivity contribution >= 4 is 35.3 Å². The summed E-state index contributed by atoms with van der Waals surface area (Å²) in [6.45, 7) is 5.83. The summed E-state index contributed by atoms with van der Waals surface area (Å²) in [5, 5.41) is 10.3. The van der Waals surface area contributed by atoms with E-state index in [0.29, 0.717) is 30.0 Å². The number of piperidine rings is 1. The molecule has 7 heteroatoms. The molecule has 1 aliphatic rings. The highest BCUT2D eigenvalue weighted by Gasteiger charge is 2.39. The number of aliphatic hydroxyl groups is 1. The van der Waals surface area contributed by atoms with Crippen molar-refractivity contribution in [2.24, 2.45) is 5.92 Å². The standard InChI is InChI=1S/C19H24ClNO4S/c1-4-25-19(24)12(2)9-17-16(11-22)18(23)10-13(3)21(17)26-15-7-5-14(20)6-8-15/h5-8,11-13,17,22H,4,9-10H2,1-3H3/b16-11-. The normalized spacial score (nSPS) is 23.8. The van der Waals surface area contributed by atoms with E-state index < -0.39 is 0 Å². The van der Waals surface area contributed by atoms with Crippen molar-refractivity contribution in [1.29, 1.82) is 0 Å². The van der Waals surface area contributed by atoms with Gasteiger partial charge in [0.15, 0.2) is 5.78 Å². The van der Waals surface area contributed by atoms with Gasteiger partial charge in [0.2, 0.25) is 0 Å². The van der Waals surface area contributed by atoms with Crippen LogP contribution in [0.4, 0.5) is 0 Å². The van der Waals surface area contributed by atoms with Gasteiger partial charge in [0.25, 0.3) is 0 Å². The molecule has 1 heterocycles. The van der Waals surface area contributed by atoms with Gasteiger partial charge in [-0.05, 0) is 56.5 Å². The fraction of sp³-hybridized carbons (Fsp3) is 0.474.